The van der Waals surface area contributed by atoms with Crippen molar-refractivity contribution in [3.05, 3.63) is 39.7 Å². The second-order valence-electron chi connectivity index (χ2n) is 8.73. The smallest absolute Gasteiger partial charge is 0.280 e. The monoisotopic (exact) mass is 530 g/mol. The van der Waals surface area contributed by atoms with Crippen molar-refractivity contribution in [1.82, 2.24) is 15.3 Å². The van der Waals surface area contributed by atoms with E-state index in [1.165, 1.54) is 16.7 Å². The number of rotatable bonds is 10. The number of ether oxygens (including phenoxy) is 1. The molecule has 13 heteroatoms. The van der Waals surface area contributed by atoms with Crippen molar-refractivity contribution in [1.29, 1.82) is 0 Å². The number of nitrogens with one attached hydrogen (secondary N) is 1. The number of carbonyl (C=O) groups excluding carboxylic acids is 1. The molecule has 1 unspecified atom stereocenters. The number of aliphatic imine (C=N–C) groups is 2. The summed E-state index contributed by atoms with van der Waals surface area (Å²) in [5.41, 5.74) is 31.9. The number of fused-ring (bicyclic) bond motifs is 1. The number of unbranched alkanes of at least 4 members (excludes halogenated alkanes) is 1. The maximum atomic E-state index is 12.3. The highest BCUT2D eigenvalue weighted by molar-refractivity contribution is 6.31. The number of hydrogen-bond acceptors (Lipinski definition) is 8. The van der Waals surface area contributed by atoms with Gasteiger partial charge in [-0.15, -0.1) is 0 Å². The van der Waals surface area contributed by atoms with Crippen LogP contribution in [-0.4, -0.2) is 40.6 Å². The minimum Gasteiger partial charge on any atom is -0.468 e. The normalized spacial score (nSPS) is 13.9. The molecule has 1 aliphatic carbocycles. The molecule has 1 aliphatic rings. The fraction of sp³-hybridized carbons (Fsp3) is 0.458. The van der Waals surface area contributed by atoms with E-state index in [4.69, 9.17) is 45.0 Å². The van der Waals surface area contributed by atoms with Crippen LogP contribution in [0.25, 0.3) is 0 Å². The van der Waals surface area contributed by atoms with Crippen molar-refractivity contribution in [3.8, 4) is 5.75 Å². The molecule has 0 saturated carbocycles. The molecule has 3 rings (SSSR count). The second kappa shape index (κ2) is 12.9. The van der Waals surface area contributed by atoms with Crippen molar-refractivity contribution >= 4 is 41.1 Å². The van der Waals surface area contributed by atoms with Crippen LogP contribution in [-0.2, 0) is 19.3 Å². The Bertz CT molecular complexity index is 1180. The van der Waals surface area contributed by atoms with Gasteiger partial charge in [-0.05, 0) is 67.7 Å². The third kappa shape index (κ3) is 7.59. The van der Waals surface area contributed by atoms with E-state index >= 15 is 0 Å². The lowest BCUT2D eigenvalue weighted by Gasteiger charge is -2.24. The van der Waals surface area contributed by atoms with Crippen LogP contribution in [0.5, 0.6) is 5.75 Å². The van der Waals surface area contributed by atoms with Gasteiger partial charge in [0.1, 0.15) is 5.75 Å². The van der Waals surface area contributed by atoms with Gasteiger partial charge < -0.3 is 33.4 Å². The number of nitrogen functional groups attached to an aromatic ring is 2. The molecule has 37 heavy (non-hydrogen) atoms. The first-order valence-electron chi connectivity index (χ1n) is 12.3. The first kappa shape index (κ1) is 27.8. The molecule has 0 saturated heterocycles. The van der Waals surface area contributed by atoms with Crippen LogP contribution >= 0.6 is 11.6 Å². The quantitative estimate of drug-likeness (QED) is 0.149. The fourth-order valence-electron chi connectivity index (χ4n) is 4.22. The fourth-order valence-corrected chi connectivity index (χ4v) is 4.34. The zero-order chi connectivity index (χ0) is 26.9. The average molecular weight is 531 g/mol. The number of amides is 1. The summed E-state index contributed by atoms with van der Waals surface area (Å²) < 4.78 is 6.14. The average Bonchev–Trinajstić information content (AvgIpc) is 2.86. The predicted molar refractivity (Wildman–Crippen MR) is 146 cm³/mol. The molecular weight excluding hydrogens is 496 g/mol. The predicted octanol–water partition coefficient (Wildman–Crippen LogP) is 1.63. The van der Waals surface area contributed by atoms with Crippen LogP contribution < -0.4 is 38.7 Å². The van der Waals surface area contributed by atoms with Gasteiger partial charge in [0.25, 0.3) is 5.91 Å². The zero-order valence-corrected chi connectivity index (χ0v) is 21.7. The number of anilines is 2. The Balaban J connectivity index is 1.55. The molecular formula is C24H35ClN10O2. The Kier molecular flexibility index (Phi) is 9.72. The van der Waals surface area contributed by atoms with Crippen LogP contribution in [0, 0.1) is 0 Å². The maximum Gasteiger partial charge on any atom is 0.280 e. The Labute approximate surface area is 221 Å². The Morgan fingerprint density at radius 3 is 2.54 bits per heavy atom. The minimum atomic E-state index is -0.660. The molecule has 0 bridgehead atoms. The van der Waals surface area contributed by atoms with Crippen LogP contribution in [0.1, 0.15) is 66.2 Å². The number of nitrogens with zero attached hydrogens (tertiary/aromatic N) is 4. The van der Waals surface area contributed by atoms with Gasteiger partial charge in [0.15, 0.2) is 40.6 Å². The summed E-state index contributed by atoms with van der Waals surface area (Å²) in [6.07, 6.45) is 7.18. The second-order valence-corrected chi connectivity index (χ2v) is 9.09. The Morgan fingerprint density at radius 1 is 1.11 bits per heavy atom. The van der Waals surface area contributed by atoms with E-state index in [-0.39, 0.29) is 34.4 Å². The zero-order valence-electron chi connectivity index (χ0n) is 21.0. The molecule has 0 spiro atoms. The molecule has 1 aromatic carbocycles. The SMILES string of the molecule is CCC(N=C(N)N)Oc1ccc(CCCCN=C(N)NC(=O)c2nc(Cl)c(N)nc2N)c2c1CCCC2. The lowest BCUT2D eigenvalue weighted by molar-refractivity contribution is 0.0972. The largest absolute Gasteiger partial charge is 0.468 e. The number of nitrogens with two attached hydrogens (primary N) is 5. The van der Waals surface area contributed by atoms with Crippen molar-refractivity contribution in [2.24, 2.45) is 27.2 Å². The van der Waals surface area contributed by atoms with E-state index in [1.807, 2.05) is 13.0 Å². The molecule has 0 aliphatic heterocycles. The third-order valence-electron chi connectivity index (χ3n) is 5.99. The van der Waals surface area contributed by atoms with E-state index < -0.39 is 12.1 Å². The van der Waals surface area contributed by atoms with Crippen LogP contribution in [0.2, 0.25) is 5.15 Å². The topological polar surface area (TPSA) is 219 Å². The van der Waals surface area contributed by atoms with Crippen molar-refractivity contribution in [2.45, 2.75) is 64.5 Å². The van der Waals surface area contributed by atoms with Gasteiger partial charge in [-0.2, -0.15) is 0 Å². The number of guanidine groups is 2. The molecule has 0 radical (unpaired) electrons. The van der Waals surface area contributed by atoms with Crippen molar-refractivity contribution < 1.29 is 9.53 Å². The summed E-state index contributed by atoms with van der Waals surface area (Å²) in [7, 11) is 0. The molecule has 12 nitrogen and oxygen atoms in total. The Morgan fingerprint density at radius 2 is 1.84 bits per heavy atom. The standard InChI is InChI=1S/C24H35ClN10O2/c1-2-17(32-23(28)29)37-16-11-10-13(14-8-3-4-9-15(14)16)7-5-6-12-31-24(30)35-22(36)18-20(26)34-21(27)19(25)33-18/h10-11,17H,2-9,12H2,1H3,(H4,26,27,34)(H4,28,29,32)(H3,30,31,35,36). The summed E-state index contributed by atoms with van der Waals surface area (Å²) in [6.45, 7) is 2.44. The van der Waals surface area contributed by atoms with Gasteiger partial charge in [0, 0.05) is 13.0 Å². The number of carbonyl (C=O) groups is 1. The molecule has 1 heterocycles. The number of aryl methyl sites for hydroxylation is 1. The molecule has 0 fully saturated rings. The molecule has 1 atom stereocenters. The summed E-state index contributed by atoms with van der Waals surface area (Å²) in [6, 6.07) is 4.15. The van der Waals surface area contributed by atoms with Gasteiger partial charge in [-0.3, -0.25) is 15.1 Å². The highest BCUT2D eigenvalue weighted by atomic mass is 35.5. The molecule has 11 N–H and O–H groups in total. The first-order valence-corrected chi connectivity index (χ1v) is 12.7. The highest BCUT2D eigenvalue weighted by Gasteiger charge is 2.20. The number of hydrogen-bond donors (Lipinski definition) is 6. The van der Waals surface area contributed by atoms with Crippen molar-refractivity contribution in [3.63, 3.8) is 0 Å². The summed E-state index contributed by atoms with van der Waals surface area (Å²) in [5, 5.41) is 2.32. The minimum absolute atomic E-state index is 0.0210. The molecule has 1 aromatic heterocycles. The van der Waals surface area contributed by atoms with E-state index in [0.717, 1.165) is 50.7 Å². The lowest BCUT2D eigenvalue weighted by atomic mass is 9.86. The Hall–Kier alpha value is -3.80. The van der Waals surface area contributed by atoms with Gasteiger partial charge in [-0.1, -0.05) is 24.6 Å². The summed E-state index contributed by atoms with van der Waals surface area (Å²) >= 11 is 5.82. The van der Waals surface area contributed by atoms with Gasteiger partial charge in [-0.25, -0.2) is 15.0 Å². The van der Waals surface area contributed by atoms with Crippen LogP contribution in [0.4, 0.5) is 11.6 Å². The van der Waals surface area contributed by atoms with E-state index in [9.17, 15) is 4.79 Å². The number of benzene rings is 1. The summed E-state index contributed by atoms with van der Waals surface area (Å²) in [5.74, 6) is -0.0226. The third-order valence-corrected chi connectivity index (χ3v) is 6.27. The van der Waals surface area contributed by atoms with Gasteiger partial charge in [0.2, 0.25) is 0 Å². The number of aromatic nitrogens is 2. The molecule has 1 amide bonds. The van der Waals surface area contributed by atoms with Crippen LogP contribution in [0.15, 0.2) is 22.1 Å². The summed E-state index contributed by atoms with van der Waals surface area (Å²) in [4.78, 5) is 28.3. The van der Waals surface area contributed by atoms with Gasteiger partial charge in [0.05, 0.1) is 0 Å². The van der Waals surface area contributed by atoms with Crippen LogP contribution in [0.3, 0.4) is 0 Å². The number of halogens is 1. The van der Waals surface area contributed by atoms with Gasteiger partial charge >= 0.3 is 0 Å². The lowest BCUT2D eigenvalue weighted by Crippen LogP contribution is -2.38. The van der Waals surface area contributed by atoms with E-state index in [2.05, 4.69) is 31.3 Å². The highest BCUT2D eigenvalue weighted by Crippen LogP contribution is 2.34. The van der Waals surface area contributed by atoms with E-state index in [0.29, 0.717) is 13.0 Å². The first-order chi connectivity index (χ1) is 17.7. The van der Waals surface area contributed by atoms with Crippen molar-refractivity contribution in [2.75, 3.05) is 18.0 Å². The maximum absolute atomic E-state index is 12.3. The molecule has 2 aromatic rings. The van der Waals surface area contributed by atoms with E-state index in [1.54, 1.807) is 0 Å². The molecule has 200 valence electrons.